The van der Waals surface area contributed by atoms with E-state index in [2.05, 4.69) is 27.1 Å². The molecule has 4 rings (SSSR count). The maximum absolute atomic E-state index is 5.97. The second-order valence-electron chi connectivity index (χ2n) is 6.65. The fourth-order valence-electron chi connectivity index (χ4n) is 3.15. The van der Waals surface area contributed by atoms with Gasteiger partial charge in [0.1, 0.15) is 11.5 Å². The molecule has 0 aliphatic carbocycles. The number of hydrazone groups is 1. The zero-order valence-corrected chi connectivity index (χ0v) is 16.3. The highest BCUT2D eigenvalue weighted by atomic mass is 35.5. The minimum absolute atomic E-state index is 0.769. The van der Waals surface area contributed by atoms with Crippen LogP contribution in [-0.4, -0.2) is 37.4 Å². The van der Waals surface area contributed by atoms with Gasteiger partial charge in [-0.1, -0.05) is 41.9 Å². The first kappa shape index (κ1) is 18.4. The number of ether oxygens (including phenoxy) is 1. The summed E-state index contributed by atoms with van der Waals surface area (Å²) in [6.45, 7) is 3.66. The van der Waals surface area contributed by atoms with E-state index in [4.69, 9.17) is 16.3 Å². The summed E-state index contributed by atoms with van der Waals surface area (Å²) >= 11 is 5.97. The van der Waals surface area contributed by atoms with Gasteiger partial charge in [-0.15, -0.1) is 0 Å². The lowest BCUT2D eigenvalue weighted by molar-refractivity contribution is 0.272. The van der Waals surface area contributed by atoms with Crippen LogP contribution in [0, 0.1) is 0 Å². The summed E-state index contributed by atoms with van der Waals surface area (Å²) in [6, 6.07) is 25.8. The van der Waals surface area contributed by atoms with Gasteiger partial charge in [-0.05, 0) is 54.1 Å². The molecule has 0 saturated carbocycles. The van der Waals surface area contributed by atoms with Gasteiger partial charge in [0.15, 0.2) is 0 Å². The van der Waals surface area contributed by atoms with E-state index in [1.807, 2.05) is 72.9 Å². The molecule has 142 valence electrons. The van der Waals surface area contributed by atoms with Gasteiger partial charge in [0.25, 0.3) is 0 Å². The molecule has 0 atom stereocenters. The first-order valence-electron chi connectivity index (χ1n) is 9.39. The Balaban J connectivity index is 1.33. The van der Waals surface area contributed by atoms with Crippen LogP contribution in [0.1, 0.15) is 5.56 Å². The molecule has 0 amide bonds. The molecule has 1 heterocycles. The third-order valence-corrected chi connectivity index (χ3v) is 4.91. The maximum atomic E-state index is 5.97. The highest BCUT2D eigenvalue weighted by Crippen LogP contribution is 2.22. The second kappa shape index (κ2) is 8.81. The molecule has 0 radical (unpaired) electrons. The van der Waals surface area contributed by atoms with Gasteiger partial charge in [0.2, 0.25) is 0 Å². The van der Waals surface area contributed by atoms with Crippen molar-refractivity contribution in [3.05, 3.63) is 89.4 Å². The largest absolute Gasteiger partial charge is 0.457 e. The quantitative estimate of drug-likeness (QED) is 0.553. The fraction of sp³-hybridized carbons (Fsp3) is 0.174. The minimum atomic E-state index is 0.769. The number of nitrogens with zero attached hydrogens (tertiary/aromatic N) is 3. The predicted molar refractivity (Wildman–Crippen MR) is 116 cm³/mol. The molecule has 1 aliphatic rings. The van der Waals surface area contributed by atoms with Gasteiger partial charge in [-0.25, -0.2) is 0 Å². The molecule has 5 heteroatoms. The van der Waals surface area contributed by atoms with Crippen LogP contribution in [0.25, 0.3) is 0 Å². The smallest absolute Gasteiger partial charge is 0.128 e. The van der Waals surface area contributed by atoms with E-state index in [0.717, 1.165) is 48.3 Å². The van der Waals surface area contributed by atoms with E-state index in [9.17, 15) is 0 Å². The third kappa shape index (κ3) is 4.84. The standard InChI is InChI=1S/C23H22ClN3O/c24-20-9-11-21(12-10-20)26-13-15-27(16-14-26)25-18-19-5-4-8-23(17-19)28-22-6-2-1-3-7-22/h1-12,17-18H,13-16H2/b25-18+. The zero-order chi connectivity index (χ0) is 19.2. The van der Waals surface area contributed by atoms with Gasteiger partial charge in [0.05, 0.1) is 19.3 Å². The lowest BCUT2D eigenvalue weighted by Crippen LogP contribution is -2.44. The number of hydrogen-bond donors (Lipinski definition) is 0. The molecular weight excluding hydrogens is 370 g/mol. The third-order valence-electron chi connectivity index (χ3n) is 4.65. The first-order valence-corrected chi connectivity index (χ1v) is 9.76. The molecule has 0 unspecified atom stereocenters. The average molecular weight is 392 g/mol. The summed E-state index contributed by atoms with van der Waals surface area (Å²) in [7, 11) is 0. The van der Waals surface area contributed by atoms with Crippen molar-refractivity contribution in [1.82, 2.24) is 5.01 Å². The SMILES string of the molecule is Clc1ccc(N2CCN(/N=C/c3cccc(Oc4ccccc4)c3)CC2)cc1. The molecule has 0 N–H and O–H groups in total. The first-order chi connectivity index (χ1) is 13.8. The Morgan fingerprint density at radius 2 is 1.50 bits per heavy atom. The number of halogens is 1. The van der Waals surface area contributed by atoms with E-state index >= 15 is 0 Å². The molecule has 4 nitrogen and oxygen atoms in total. The predicted octanol–water partition coefficient (Wildman–Crippen LogP) is 5.29. The van der Waals surface area contributed by atoms with Crippen molar-refractivity contribution in [1.29, 1.82) is 0 Å². The Kier molecular flexibility index (Phi) is 5.78. The van der Waals surface area contributed by atoms with E-state index in [-0.39, 0.29) is 0 Å². The van der Waals surface area contributed by atoms with Crippen molar-refractivity contribution in [2.75, 3.05) is 31.1 Å². The average Bonchev–Trinajstić information content (AvgIpc) is 2.74. The van der Waals surface area contributed by atoms with E-state index in [0.29, 0.717) is 0 Å². The lowest BCUT2D eigenvalue weighted by Gasteiger charge is -2.34. The summed E-state index contributed by atoms with van der Waals surface area (Å²) in [4.78, 5) is 2.36. The van der Waals surface area contributed by atoms with Gasteiger partial charge < -0.3 is 9.64 Å². The van der Waals surface area contributed by atoms with Gasteiger partial charge in [-0.2, -0.15) is 5.10 Å². The number of anilines is 1. The van der Waals surface area contributed by atoms with E-state index < -0.39 is 0 Å². The number of benzene rings is 3. The summed E-state index contributed by atoms with van der Waals surface area (Å²) in [5.74, 6) is 1.64. The van der Waals surface area contributed by atoms with Crippen molar-refractivity contribution in [2.45, 2.75) is 0 Å². The Hall–Kier alpha value is -2.98. The molecule has 1 fully saturated rings. The molecule has 3 aromatic carbocycles. The topological polar surface area (TPSA) is 28.1 Å². The van der Waals surface area contributed by atoms with Crippen LogP contribution in [0.2, 0.25) is 5.02 Å². The number of para-hydroxylation sites is 1. The van der Waals surface area contributed by atoms with Crippen molar-refractivity contribution >= 4 is 23.5 Å². The lowest BCUT2D eigenvalue weighted by atomic mass is 10.2. The van der Waals surface area contributed by atoms with Crippen LogP contribution in [0.5, 0.6) is 11.5 Å². The van der Waals surface area contributed by atoms with Gasteiger partial charge >= 0.3 is 0 Å². The van der Waals surface area contributed by atoms with Crippen LogP contribution in [0.4, 0.5) is 5.69 Å². The molecule has 0 aromatic heterocycles. The maximum Gasteiger partial charge on any atom is 0.128 e. The van der Waals surface area contributed by atoms with Crippen molar-refractivity contribution in [2.24, 2.45) is 5.10 Å². The summed E-state index contributed by atoms with van der Waals surface area (Å²) in [5, 5.41) is 7.53. The number of rotatable bonds is 5. The summed E-state index contributed by atoms with van der Waals surface area (Å²) < 4.78 is 5.89. The second-order valence-corrected chi connectivity index (χ2v) is 7.09. The van der Waals surface area contributed by atoms with Crippen LogP contribution in [0.3, 0.4) is 0 Å². The Labute approximate surface area is 170 Å². The highest BCUT2D eigenvalue weighted by molar-refractivity contribution is 6.30. The van der Waals surface area contributed by atoms with Gasteiger partial charge in [0, 0.05) is 23.8 Å². The normalized spacial score (nSPS) is 14.5. The summed E-state index contributed by atoms with van der Waals surface area (Å²) in [6.07, 6.45) is 1.90. The molecule has 1 saturated heterocycles. The Morgan fingerprint density at radius 1 is 0.786 bits per heavy atom. The molecular formula is C23H22ClN3O. The number of hydrogen-bond acceptors (Lipinski definition) is 4. The Morgan fingerprint density at radius 3 is 2.25 bits per heavy atom. The van der Waals surface area contributed by atoms with Crippen LogP contribution >= 0.6 is 11.6 Å². The number of piperazine rings is 1. The van der Waals surface area contributed by atoms with E-state index in [1.165, 1.54) is 5.69 Å². The molecule has 28 heavy (non-hydrogen) atoms. The monoisotopic (exact) mass is 391 g/mol. The van der Waals surface area contributed by atoms with E-state index in [1.54, 1.807) is 0 Å². The fourth-order valence-corrected chi connectivity index (χ4v) is 3.28. The van der Waals surface area contributed by atoms with Crippen LogP contribution in [-0.2, 0) is 0 Å². The highest BCUT2D eigenvalue weighted by Gasteiger charge is 2.15. The zero-order valence-electron chi connectivity index (χ0n) is 15.5. The Bertz CT molecular complexity index is 920. The van der Waals surface area contributed by atoms with Crippen LogP contribution in [0.15, 0.2) is 84.0 Å². The van der Waals surface area contributed by atoms with Gasteiger partial charge in [-0.3, -0.25) is 5.01 Å². The molecule has 0 bridgehead atoms. The van der Waals surface area contributed by atoms with Crippen molar-refractivity contribution in [3.63, 3.8) is 0 Å². The van der Waals surface area contributed by atoms with Crippen molar-refractivity contribution < 1.29 is 4.74 Å². The van der Waals surface area contributed by atoms with Crippen LogP contribution < -0.4 is 9.64 Å². The summed E-state index contributed by atoms with van der Waals surface area (Å²) in [5.41, 5.74) is 2.23. The molecule has 3 aromatic rings. The minimum Gasteiger partial charge on any atom is -0.457 e. The molecule has 0 spiro atoms. The van der Waals surface area contributed by atoms with Crippen molar-refractivity contribution in [3.8, 4) is 11.5 Å². The molecule has 1 aliphatic heterocycles.